The molecule has 0 aliphatic heterocycles. The molecule has 2 N–H and O–H groups in total. The van der Waals surface area contributed by atoms with Gasteiger partial charge in [-0.15, -0.1) is 0 Å². The molecule has 2 aromatic rings. The molecule has 1 unspecified atom stereocenters. The summed E-state index contributed by atoms with van der Waals surface area (Å²) in [4.78, 5) is 11.9. The number of hydrogen-bond acceptors (Lipinski definition) is 7. The van der Waals surface area contributed by atoms with Gasteiger partial charge in [0.05, 0.1) is 12.0 Å². The topological polar surface area (TPSA) is 139 Å². The number of hydrogen-bond donors (Lipinski definition) is 2. The molecule has 0 amide bonds. The van der Waals surface area contributed by atoms with Crippen LogP contribution in [0.15, 0.2) is 58.6 Å². The van der Waals surface area contributed by atoms with E-state index < -0.39 is 26.5 Å². The second kappa shape index (κ2) is 6.58. The summed E-state index contributed by atoms with van der Waals surface area (Å²) < 4.78 is 36.7. The maximum atomic E-state index is 12.3. The Labute approximate surface area is 154 Å². The highest BCUT2D eigenvalue weighted by Gasteiger charge is 2.44. The van der Waals surface area contributed by atoms with E-state index in [0.29, 0.717) is 5.75 Å². The molecule has 0 fully saturated rings. The summed E-state index contributed by atoms with van der Waals surface area (Å²) >= 11 is 0. The molecular weight excluding hydrogens is 376 g/mol. The number of methoxy groups -OCH3 is 1. The van der Waals surface area contributed by atoms with Gasteiger partial charge in [-0.25, -0.2) is 0 Å². The fourth-order valence-corrected chi connectivity index (χ4v) is 3.09. The predicted molar refractivity (Wildman–Crippen MR) is 92.9 cm³/mol. The molecule has 0 bridgehead atoms. The molecule has 0 aromatic heterocycles. The summed E-state index contributed by atoms with van der Waals surface area (Å²) in [6.07, 6.45) is 2.24. The highest BCUT2D eigenvalue weighted by molar-refractivity contribution is 7.85. The van der Waals surface area contributed by atoms with Gasteiger partial charge >= 0.3 is 5.72 Å². The highest BCUT2D eigenvalue weighted by atomic mass is 32.2. The molecule has 0 saturated carbocycles. The zero-order valence-corrected chi connectivity index (χ0v) is 14.8. The van der Waals surface area contributed by atoms with Crippen molar-refractivity contribution in [2.24, 2.45) is 5.11 Å². The third-order valence-electron chi connectivity index (χ3n) is 3.98. The lowest BCUT2D eigenvalue weighted by molar-refractivity contribution is -0.458. The molecule has 0 radical (unpaired) electrons. The number of ether oxygens (including phenoxy) is 1. The quantitative estimate of drug-likeness (QED) is 0.352. The predicted octanol–water partition coefficient (Wildman–Crippen LogP) is 1.98. The standard InChI is InChI=1S/C17H14N2O7S/c1-26-13-5-3-12(4-6-13)19(22)18-17(21)15-8-7-14(27(23,24)25)10-11(15)2-9-16(17)20/h2-10,21H,1H3,(H,23,24,25)/b19-18-. The van der Waals surface area contributed by atoms with Crippen LogP contribution in [0.3, 0.4) is 0 Å². The SMILES string of the molecule is COc1ccc(/[N+]([O-])=N/C2(O)C(=O)C=Cc3cc(S(=O)(=O)O)ccc32)cc1. The largest absolute Gasteiger partial charge is 0.594 e. The van der Waals surface area contributed by atoms with Gasteiger partial charge in [-0.1, -0.05) is 17.0 Å². The van der Waals surface area contributed by atoms with E-state index in [0.717, 1.165) is 24.3 Å². The number of ketones is 1. The average molecular weight is 390 g/mol. The van der Waals surface area contributed by atoms with Crippen LogP contribution in [0.2, 0.25) is 0 Å². The molecule has 0 heterocycles. The van der Waals surface area contributed by atoms with Gasteiger partial charge in [-0.3, -0.25) is 9.35 Å². The third-order valence-corrected chi connectivity index (χ3v) is 4.83. The smallest absolute Gasteiger partial charge is 0.310 e. The van der Waals surface area contributed by atoms with E-state index in [1.807, 2.05) is 0 Å². The van der Waals surface area contributed by atoms with Crippen LogP contribution < -0.4 is 4.74 Å². The van der Waals surface area contributed by atoms with E-state index in [1.165, 1.54) is 37.5 Å². The number of carbonyl (C=O) groups is 1. The summed E-state index contributed by atoms with van der Waals surface area (Å²) in [5.41, 5.74) is -2.46. The second-order valence-corrected chi connectivity index (χ2v) is 7.09. The summed E-state index contributed by atoms with van der Waals surface area (Å²) in [6.45, 7) is 0. The second-order valence-electron chi connectivity index (χ2n) is 5.66. The van der Waals surface area contributed by atoms with Gasteiger partial charge in [0.25, 0.3) is 10.1 Å². The van der Waals surface area contributed by atoms with E-state index in [1.54, 1.807) is 0 Å². The summed E-state index contributed by atoms with van der Waals surface area (Å²) in [5.74, 6) is -0.366. The van der Waals surface area contributed by atoms with Crippen molar-refractivity contribution in [3.8, 4) is 5.75 Å². The van der Waals surface area contributed by atoms with E-state index in [4.69, 9.17) is 9.29 Å². The lowest BCUT2D eigenvalue weighted by Gasteiger charge is -2.23. The minimum absolute atomic E-state index is 0.0442. The monoisotopic (exact) mass is 390 g/mol. The summed E-state index contributed by atoms with van der Waals surface area (Å²) in [5, 5.41) is 26.7. The third kappa shape index (κ3) is 3.45. The van der Waals surface area contributed by atoms with Gasteiger partial charge in [0.15, 0.2) is 0 Å². The van der Waals surface area contributed by atoms with E-state index >= 15 is 0 Å². The molecule has 1 aliphatic carbocycles. The van der Waals surface area contributed by atoms with Crippen molar-refractivity contribution in [3.05, 3.63) is 64.9 Å². The Morgan fingerprint density at radius 1 is 1.15 bits per heavy atom. The van der Waals surface area contributed by atoms with Crippen LogP contribution in [-0.4, -0.2) is 35.8 Å². The normalized spacial score (nSPS) is 19.7. The van der Waals surface area contributed by atoms with E-state index in [9.17, 15) is 23.5 Å². The first kappa shape index (κ1) is 18.7. The van der Waals surface area contributed by atoms with Gasteiger partial charge in [0.1, 0.15) is 5.75 Å². The maximum Gasteiger partial charge on any atom is 0.310 e. The molecule has 1 aliphatic rings. The minimum Gasteiger partial charge on any atom is -0.594 e. The molecule has 27 heavy (non-hydrogen) atoms. The number of benzene rings is 2. The number of fused-ring (bicyclic) bond motifs is 1. The summed E-state index contributed by atoms with van der Waals surface area (Å²) in [7, 11) is -3.01. The van der Waals surface area contributed by atoms with Gasteiger partial charge in [-0.2, -0.15) is 8.42 Å². The van der Waals surface area contributed by atoms with Crippen molar-refractivity contribution in [2.75, 3.05) is 7.11 Å². The Bertz CT molecular complexity index is 1070. The number of aliphatic hydroxyl groups is 1. The van der Waals surface area contributed by atoms with Crippen molar-refractivity contribution in [1.82, 2.24) is 0 Å². The number of carbonyl (C=O) groups excluding carboxylic acids is 1. The molecular formula is C17H14N2O7S. The van der Waals surface area contributed by atoms with Crippen LogP contribution in [0.25, 0.3) is 6.08 Å². The number of nitrogens with zero attached hydrogens (tertiary/aromatic N) is 2. The van der Waals surface area contributed by atoms with Gasteiger partial charge in [0, 0.05) is 22.8 Å². The average Bonchev–Trinajstić information content (AvgIpc) is 2.64. The Balaban J connectivity index is 2.09. The fraction of sp³-hybridized carbons (Fsp3) is 0.118. The maximum absolute atomic E-state index is 12.3. The molecule has 9 nitrogen and oxygen atoms in total. The first-order chi connectivity index (χ1) is 12.6. The molecule has 0 spiro atoms. The molecule has 1 atom stereocenters. The van der Waals surface area contributed by atoms with E-state index in [-0.39, 0.29) is 21.7 Å². The minimum atomic E-state index is -4.47. The van der Waals surface area contributed by atoms with Gasteiger partial charge in [0.2, 0.25) is 11.5 Å². The van der Waals surface area contributed by atoms with Crippen LogP contribution in [-0.2, 0) is 20.6 Å². The highest BCUT2D eigenvalue weighted by Crippen LogP contribution is 2.35. The van der Waals surface area contributed by atoms with E-state index in [2.05, 4.69) is 5.11 Å². The molecule has 2 aromatic carbocycles. The number of rotatable bonds is 4. The van der Waals surface area contributed by atoms with Crippen LogP contribution >= 0.6 is 0 Å². The Morgan fingerprint density at radius 3 is 2.41 bits per heavy atom. The Kier molecular flexibility index (Phi) is 4.56. The Hall–Kier alpha value is -3.08. The molecule has 3 rings (SSSR count). The molecule has 140 valence electrons. The Morgan fingerprint density at radius 2 is 1.81 bits per heavy atom. The first-order valence-corrected chi connectivity index (χ1v) is 9.00. The van der Waals surface area contributed by atoms with Crippen molar-refractivity contribution < 1.29 is 32.5 Å². The lowest BCUT2D eigenvalue weighted by atomic mass is 9.89. The van der Waals surface area contributed by atoms with Crippen LogP contribution in [0.1, 0.15) is 11.1 Å². The van der Waals surface area contributed by atoms with Gasteiger partial charge in [-0.05, 0) is 35.9 Å². The van der Waals surface area contributed by atoms with Crippen molar-refractivity contribution >= 4 is 27.7 Å². The zero-order valence-electron chi connectivity index (χ0n) is 13.9. The van der Waals surface area contributed by atoms with Crippen LogP contribution in [0.5, 0.6) is 5.75 Å². The zero-order chi connectivity index (χ0) is 19.8. The molecule has 10 heteroatoms. The number of azo groups is 1. The van der Waals surface area contributed by atoms with Crippen LogP contribution in [0, 0.1) is 5.21 Å². The fourth-order valence-electron chi connectivity index (χ4n) is 2.57. The van der Waals surface area contributed by atoms with Crippen molar-refractivity contribution in [1.29, 1.82) is 0 Å². The molecule has 0 saturated heterocycles. The summed E-state index contributed by atoms with van der Waals surface area (Å²) in [6, 6.07) is 8.99. The van der Waals surface area contributed by atoms with Gasteiger partial charge < -0.3 is 15.1 Å². The van der Waals surface area contributed by atoms with Crippen molar-refractivity contribution in [2.45, 2.75) is 10.6 Å². The lowest BCUT2D eigenvalue weighted by Crippen LogP contribution is -2.36. The van der Waals surface area contributed by atoms with Crippen molar-refractivity contribution in [3.63, 3.8) is 0 Å². The first-order valence-electron chi connectivity index (χ1n) is 7.56. The van der Waals surface area contributed by atoms with Crippen LogP contribution in [0.4, 0.5) is 5.69 Å².